The third-order valence-electron chi connectivity index (χ3n) is 1.64. The minimum Gasteiger partial charge on any atom is -0.479 e. The second kappa shape index (κ2) is 5.19. The minimum absolute atomic E-state index is 0.0934. The van der Waals surface area contributed by atoms with Crippen LogP contribution in [0.2, 0.25) is 0 Å². The minimum atomic E-state index is -2.23. The Bertz CT molecular complexity index is 379. The highest BCUT2D eigenvalue weighted by atomic mass is 16.6. The van der Waals surface area contributed by atoms with E-state index in [1.54, 1.807) is 6.07 Å². The molecule has 0 unspecified atom stereocenters. The van der Waals surface area contributed by atoms with E-state index in [4.69, 9.17) is 15.3 Å². The first kappa shape index (κ1) is 12.1. The van der Waals surface area contributed by atoms with Crippen LogP contribution in [-0.4, -0.2) is 44.5 Å². The summed E-state index contributed by atoms with van der Waals surface area (Å²) in [7, 11) is 0. The van der Waals surface area contributed by atoms with Crippen LogP contribution in [0.3, 0.4) is 0 Å². The normalized spacial score (nSPS) is 13.9. The average molecular weight is 227 g/mol. The molecular weight excluding hydrogens is 218 g/mol. The predicted octanol–water partition coefficient (Wildman–Crippen LogP) is -1.21. The fourth-order valence-corrected chi connectivity index (χ4v) is 0.835. The van der Waals surface area contributed by atoms with Crippen LogP contribution >= 0.6 is 0 Å². The van der Waals surface area contributed by atoms with Crippen LogP contribution in [0.25, 0.3) is 0 Å². The zero-order valence-electron chi connectivity index (χ0n) is 7.98. The van der Waals surface area contributed by atoms with Gasteiger partial charge in [-0.1, -0.05) is 6.07 Å². The summed E-state index contributed by atoms with van der Waals surface area (Å²) in [5.74, 6) is -3.09. The molecule has 0 fully saturated rings. The lowest BCUT2D eigenvalue weighted by atomic mass is 10.2. The molecule has 0 aromatic carbocycles. The summed E-state index contributed by atoms with van der Waals surface area (Å²) < 4.78 is 4.52. The summed E-state index contributed by atoms with van der Waals surface area (Å²) in [4.78, 5) is 25.0. The summed E-state index contributed by atoms with van der Waals surface area (Å²) in [5, 5.41) is 26.3. The van der Waals surface area contributed by atoms with E-state index in [2.05, 4.69) is 9.72 Å². The van der Waals surface area contributed by atoms with E-state index >= 15 is 0 Å². The number of hydrogen-bond donors (Lipinski definition) is 3. The monoisotopic (exact) mass is 227 g/mol. The van der Waals surface area contributed by atoms with Gasteiger partial charge in [-0.3, -0.25) is 0 Å². The van der Waals surface area contributed by atoms with Gasteiger partial charge in [0, 0.05) is 12.3 Å². The van der Waals surface area contributed by atoms with Crippen molar-refractivity contribution in [2.45, 2.75) is 12.2 Å². The largest absolute Gasteiger partial charge is 0.479 e. The Morgan fingerprint density at radius 3 is 2.44 bits per heavy atom. The lowest BCUT2D eigenvalue weighted by Crippen LogP contribution is -2.41. The summed E-state index contributed by atoms with van der Waals surface area (Å²) in [5.41, 5.74) is 0. The molecule has 0 amide bonds. The van der Waals surface area contributed by atoms with E-state index in [0.29, 0.717) is 0 Å². The Morgan fingerprint density at radius 2 is 1.94 bits per heavy atom. The predicted molar refractivity (Wildman–Crippen MR) is 49.5 cm³/mol. The first-order chi connectivity index (χ1) is 7.52. The molecule has 1 aromatic rings. The Morgan fingerprint density at radius 1 is 1.25 bits per heavy atom. The zero-order valence-corrected chi connectivity index (χ0v) is 7.98. The van der Waals surface area contributed by atoms with Gasteiger partial charge in [0.15, 0.2) is 12.2 Å². The van der Waals surface area contributed by atoms with Crippen LogP contribution in [0.15, 0.2) is 24.4 Å². The van der Waals surface area contributed by atoms with E-state index in [0.717, 1.165) is 0 Å². The van der Waals surface area contributed by atoms with Crippen LogP contribution in [-0.2, 0) is 9.59 Å². The highest BCUT2D eigenvalue weighted by Gasteiger charge is 2.31. The van der Waals surface area contributed by atoms with Crippen LogP contribution < -0.4 is 4.74 Å². The average Bonchev–Trinajstić information content (AvgIpc) is 2.28. The maximum Gasteiger partial charge on any atom is 0.345 e. The van der Waals surface area contributed by atoms with Gasteiger partial charge < -0.3 is 20.1 Å². The molecule has 0 bridgehead atoms. The van der Waals surface area contributed by atoms with Crippen molar-refractivity contribution in [2.75, 3.05) is 0 Å². The van der Waals surface area contributed by atoms with Crippen molar-refractivity contribution >= 4 is 11.9 Å². The Hall–Kier alpha value is -1.99. The second-order valence-corrected chi connectivity index (χ2v) is 2.82. The number of carboxylic acid groups (broad SMARTS) is 1. The maximum atomic E-state index is 11.1. The first-order valence-corrected chi connectivity index (χ1v) is 4.24. The molecule has 0 radical (unpaired) electrons. The van der Waals surface area contributed by atoms with Crippen LogP contribution in [0, 0.1) is 0 Å². The van der Waals surface area contributed by atoms with Crippen molar-refractivity contribution in [3.05, 3.63) is 24.4 Å². The second-order valence-electron chi connectivity index (χ2n) is 2.82. The molecule has 0 saturated carbocycles. The molecule has 0 saturated heterocycles. The number of aliphatic hydroxyl groups excluding tert-OH is 2. The number of carboxylic acids is 1. The Labute approximate surface area is 89.9 Å². The van der Waals surface area contributed by atoms with Crippen molar-refractivity contribution in [3.63, 3.8) is 0 Å². The van der Waals surface area contributed by atoms with Crippen LogP contribution in [0.5, 0.6) is 5.88 Å². The first-order valence-electron chi connectivity index (χ1n) is 4.24. The molecular formula is C9H9NO6. The summed E-state index contributed by atoms with van der Waals surface area (Å²) in [6.45, 7) is 0. The van der Waals surface area contributed by atoms with Crippen molar-refractivity contribution in [3.8, 4) is 5.88 Å². The third-order valence-corrected chi connectivity index (χ3v) is 1.64. The fraction of sp³-hybridized carbons (Fsp3) is 0.222. The van der Waals surface area contributed by atoms with Gasteiger partial charge >= 0.3 is 11.9 Å². The molecule has 7 nitrogen and oxygen atoms in total. The van der Waals surface area contributed by atoms with E-state index < -0.39 is 24.1 Å². The molecule has 1 rings (SSSR count). The molecule has 0 aliphatic heterocycles. The summed E-state index contributed by atoms with van der Waals surface area (Å²) >= 11 is 0. The van der Waals surface area contributed by atoms with Crippen molar-refractivity contribution < 1.29 is 29.6 Å². The van der Waals surface area contributed by atoms with Crippen molar-refractivity contribution in [2.24, 2.45) is 0 Å². The summed E-state index contributed by atoms with van der Waals surface area (Å²) in [6.07, 6.45) is -3.03. The van der Waals surface area contributed by atoms with Crippen LogP contribution in [0.1, 0.15) is 0 Å². The highest BCUT2D eigenvalue weighted by molar-refractivity contribution is 5.85. The van der Waals surface area contributed by atoms with E-state index in [-0.39, 0.29) is 5.88 Å². The van der Waals surface area contributed by atoms with E-state index in [1.807, 2.05) is 0 Å². The van der Waals surface area contributed by atoms with E-state index in [1.165, 1.54) is 18.3 Å². The Kier molecular flexibility index (Phi) is 3.92. The van der Waals surface area contributed by atoms with Gasteiger partial charge in [-0.05, 0) is 6.07 Å². The number of aromatic nitrogens is 1. The molecule has 86 valence electrons. The van der Waals surface area contributed by atoms with Crippen molar-refractivity contribution in [1.82, 2.24) is 4.98 Å². The quantitative estimate of drug-likeness (QED) is 0.552. The standard InChI is InChI=1S/C9H9NO6/c11-6(8(13)14)7(12)9(15)16-5-3-1-2-4-10-5/h1-4,6-7,11-12H,(H,13,14)/t6-,7-/m1/s1. The summed E-state index contributed by atoms with van der Waals surface area (Å²) in [6, 6.07) is 4.47. The smallest absolute Gasteiger partial charge is 0.345 e. The third kappa shape index (κ3) is 3.01. The number of carbonyl (C=O) groups is 2. The van der Waals surface area contributed by atoms with Crippen LogP contribution in [0.4, 0.5) is 0 Å². The van der Waals surface area contributed by atoms with Gasteiger partial charge in [0.05, 0.1) is 0 Å². The molecule has 0 aliphatic rings. The molecule has 1 heterocycles. The number of nitrogens with zero attached hydrogens (tertiary/aromatic N) is 1. The molecule has 0 spiro atoms. The van der Waals surface area contributed by atoms with Gasteiger partial charge in [-0.2, -0.15) is 0 Å². The number of aliphatic carboxylic acids is 1. The molecule has 2 atom stereocenters. The number of hydrogen-bond acceptors (Lipinski definition) is 6. The lowest BCUT2D eigenvalue weighted by molar-refractivity contribution is -0.164. The molecule has 16 heavy (non-hydrogen) atoms. The number of carbonyl (C=O) groups excluding carboxylic acids is 1. The van der Waals surface area contributed by atoms with E-state index in [9.17, 15) is 9.59 Å². The molecule has 0 aliphatic carbocycles. The van der Waals surface area contributed by atoms with Gasteiger partial charge in [0.25, 0.3) is 0 Å². The van der Waals surface area contributed by atoms with Gasteiger partial charge in [0.2, 0.25) is 5.88 Å². The lowest BCUT2D eigenvalue weighted by Gasteiger charge is -2.12. The number of aliphatic hydroxyl groups is 2. The number of pyridine rings is 1. The molecule has 1 aromatic heterocycles. The number of ether oxygens (including phenoxy) is 1. The van der Waals surface area contributed by atoms with Gasteiger partial charge in [-0.25, -0.2) is 14.6 Å². The molecule has 3 N–H and O–H groups in total. The number of esters is 1. The van der Waals surface area contributed by atoms with Gasteiger partial charge in [-0.15, -0.1) is 0 Å². The highest BCUT2D eigenvalue weighted by Crippen LogP contribution is 2.06. The Balaban J connectivity index is 2.63. The van der Waals surface area contributed by atoms with Gasteiger partial charge in [0.1, 0.15) is 0 Å². The maximum absolute atomic E-state index is 11.1. The topological polar surface area (TPSA) is 117 Å². The number of rotatable bonds is 4. The molecule has 7 heteroatoms. The zero-order chi connectivity index (χ0) is 12.1. The van der Waals surface area contributed by atoms with Crippen molar-refractivity contribution in [1.29, 1.82) is 0 Å². The SMILES string of the molecule is O=C(O)[C@H](O)[C@@H](O)C(=O)Oc1ccccn1. The fourth-order valence-electron chi connectivity index (χ4n) is 0.835.